The Morgan fingerprint density at radius 2 is 1.75 bits per heavy atom. The van der Waals surface area contributed by atoms with Crippen molar-refractivity contribution in [1.82, 2.24) is 5.32 Å². The molecule has 6 nitrogen and oxygen atoms in total. The average Bonchev–Trinajstić information content (AvgIpc) is 2.65. The van der Waals surface area contributed by atoms with Crippen LogP contribution in [0.3, 0.4) is 0 Å². The average molecular weight is 469 g/mol. The summed E-state index contributed by atoms with van der Waals surface area (Å²) in [7, 11) is -3.56. The summed E-state index contributed by atoms with van der Waals surface area (Å²) in [6, 6.07) is 14.7. The topological polar surface area (TPSA) is 75.7 Å². The monoisotopic (exact) mass is 468 g/mol. The molecule has 28 heavy (non-hydrogen) atoms. The van der Waals surface area contributed by atoms with Gasteiger partial charge in [0.2, 0.25) is 15.9 Å². The van der Waals surface area contributed by atoms with Crippen LogP contribution in [-0.2, 0) is 21.2 Å². The van der Waals surface area contributed by atoms with E-state index >= 15 is 0 Å². The number of anilines is 1. The highest BCUT2D eigenvalue weighted by Crippen LogP contribution is 2.20. The molecule has 0 spiro atoms. The molecule has 0 saturated heterocycles. The summed E-state index contributed by atoms with van der Waals surface area (Å²) in [5.74, 6) is 0.508. The molecule has 2 rings (SSSR count). The minimum atomic E-state index is -3.56. The summed E-state index contributed by atoms with van der Waals surface area (Å²) in [5.41, 5.74) is 1.61. The van der Waals surface area contributed by atoms with Gasteiger partial charge in [0.25, 0.3) is 0 Å². The molecule has 1 N–H and O–H groups in total. The highest BCUT2D eigenvalue weighted by molar-refractivity contribution is 9.10. The van der Waals surface area contributed by atoms with Gasteiger partial charge < -0.3 is 10.1 Å². The second-order valence-electron chi connectivity index (χ2n) is 6.28. The van der Waals surface area contributed by atoms with Crippen molar-refractivity contribution in [2.45, 2.75) is 19.8 Å². The van der Waals surface area contributed by atoms with Crippen LogP contribution in [0, 0.1) is 0 Å². The SMILES string of the molecule is CCOc1ccc(CCCNC(=O)CN(c2ccc(Br)cc2)S(C)(=O)=O)cc1. The first-order valence-electron chi connectivity index (χ1n) is 9.01. The van der Waals surface area contributed by atoms with E-state index in [0.717, 1.165) is 39.2 Å². The molecular formula is C20H25BrN2O4S. The normalized spacial score (nSPS) is 11.1. The lowest BCUT2D eigenvalue weighted by Crippen LogP contribution is -2.40. The van der Waals surface area contributed by atoms with Crippen LogP contribution in [-0.4, -0.2) is 40.3 Å². The van der Waals surface area contributed by atoms with Crippen molar-refractivity contribution < 1.29 is 17.9 Å². The van der Waals surface area contributed by atoms with Gasteiger partial charge in [-0.15, -0.1) is 0 Å². The molecule has 0 atom stereocenters. The molecule has 0 heterocycles. The summed E-state index contributed by atoms with van der Waals surface area (Å²) in [6.07, 6.45) is 2.67. The molecule has 0 unspecified atom stereocenters. The molecule has 1 amide bonds. The lowest BCUT2D eigenvalue weighted by Gasteiger charge is -2.22. The lowest BCUT2D eigenvalue weighted by molar-refractivity contribution is -0.119. The first kappa shape index (κ1) is 22.2. The van der Waals surface area contributed by atoms with E-state index in [1.54, 1.807) is 24.3 Å². The van der Waals surface area contributed by atoms with E-state index in [1.807, 2.05) is 31.2 Å². The van der Waals surface area contributed by atoms with Gasteiger partial charge >= 0.3 is 0 Å². The number of hydrogen-bond acceptors (Lipinski definition) is 4. The number of ether oxygens (including phenoxy) is 1. The number of sulfonamides is 1. The zero-order valence-corrected chi connectivity index (χ0v) is 18.4. The number of carbonyl (C=O) groups is 1. The molecule has 0 aliphatic heterocycles. The summed E-state index contributed by atoms with van der Waals surface area (Å²) < 4.78 is 31.5. The van der Waals surface area contributed by atoms with Crippen LogP contribution in [0.1, 0.15) is 18.9 Å². The number of nitrogens with zero attached hydrogens (tertiary/aromatic N) is 1. The third-order valence-electron chi connectivity index (χ3n) is 4.00. The lowest BCUT2D eigenvalue weighted by atomic mass is 10.1. The molecule has 152 valence electrons. The van der Waals surface area contributed by atoms with Crippen molar-refractivity contribution in [2.24, 2.45) is 0 Å². The minimum absolute atomic E-state index is 0.247. The fourth-order valence-electron chi connectivity index (χ4n) is 2.63. The minimum Gasteiger partial charge on any atom is -0.494 e. The Bertz CT molecular complexity index is 868. The summed E-state index contributed by atoms with van der Waals surface area (Å²) in [5, 5.41) is 2.79. The summed E-state index contributed by atoms with van der Waals surface area (Å²) >= 11 is 3.31. The van der Waals surface area contributed by atoms with E-state index in [-0.39, 0.29) is 12.5 Å². The standard InChI is InChI=1S/C20H25BrN2O4S/c1-3-27-19-12-6-16(7-13-19)5-4-14-22-20(24)15-23(28(2,25)26)18-10-8-17(21)9-11-18/h6-13H,3-5,14-15H2,1-2H3,(H,22,24). The van der Waals surface area contributed by atoms with Crippen molar-refractivity contribution in [3.8, 4) is 5.75 Å². The van der Waals surface area contributed by atoms with Crippen molar-refractivity contribution >= 4 is 37.5 Å². The van der Waals surface area contributed by atoms with E-state index < -0.39 is 10.0 Å². The predicted molar refractivity (Wildman–Crippen MR) is 115 cm³/mol. The molecule has 0 saturated carbocycles. The highest BCUT2D eigenvalue weighted by atomic mass is 79.9. The van der Waals surface area contributed by atoms with Crippen LogP contribution in [0.25, 0.3) is 0 Å². The summed E-state index contributed by atoms with van der Waals surface area (Å²) in [6.45, 7) is 2.81. The Hall–Kier alpha value is -2.06. The van der Waals surface area contributed by atoms with Gasteiger partial charge in [-0.05, 0) is 61.7 Å². The quantitative estimate of drug-likeness (QED) is 0.542. The van der Waals surface area contributed by atoms with Crippen molar-refractivity contribution in [1.29, 1.82) is 0 Å². The van der Waals surface area contributed by atoms with E-state index in [1.165, 1.54) is 0 Å². The Kier molecular flexibility index (Phi) is 8.32. The molecule has 0 radical (unpaired) electrons. The van der Waals surface area contributed by atoms with Gasteiger partial charge in [0.05, 0.1) is 18.6 Å². The number of aryl methyl sites for hydroxylation is 1. The molecule has 8 heteroatoms. The van der Waals surface area contributed by atoms with Crippen molar-refractivity contribution in [2.75, 3.05) is 30.3 Å². The van der Waals surface area contributed by atoms with E-state index in [2.05, 4.69) is 21.2 Å². The van der Waals surface area contributed by atoms with Crippen LogP contribution in [0.15, 0.2) is 53.0 Å². The number of hydrogen-bond donors (Lipinski definition) is 1. The van der Waals surface area contributed by atoms with Crippen LogP contribution >= 0.6 is 15.9 Å². The number of amides is 1. The first-order chi connectivity index (χ1) is 13.3. The number of rotatable bonds is 10. The number of benzene rings is 2. The second kappa shape index (κ2) is 10.5. The van der Waals surface area contributed by atoms with Crippen LogP contribution in [0.2, 0.25) is 0 Å². The second-order valence-corrected chi connectivity index (χ2v) is 9.10. The maximum absolute atomic E-state index is 12.2. The zero-order chi connectivity index (χ0) is 20.6. The number of halogens is 1. The van der Waals surface area contributed by atoms with E-state index in [0.29, 0.717) is 18.8 Å². The highest BCUT2D eigenvalue weighted by Gasteiger charge is 2.20. The van der Waals surface area contributed by atoms with Gasteiger partial charge in [-0.3, -0.25) is 9.10 Å². The van der Waals surface area contributed by atoms with Crippen LogP contribution < -0.4 is 14.4 Å². The largest absolute Gasteiger partial charge is 0.494 e. The molecule has 2 aromatic carbocycles. The van der Waals surface area contributed by atoms with Gasteiger partial charge in [0.15, 0.2) is 0 Å². The Balaban J connectivity index is 1.83. The third-order valence-corrected chi connectivity index (χ3v) is 5.67. The van der Waals surface area contributed by atoms with Gasteiger partial charge in [-0.1, -0.05) is 28.1 Å². The number of nitrogens with one attached hydrogen (secondary N) is 1. The van der Waals surface area contributed by atoms with Gasteiger partial charge in [-0.2, -0.15) is 0 Å². The molecule has 0 aromatic heterocycles. The maximum atomic E-state index is 12.2. The molecular weight excluding hydrogens is 444 g/mol. The molecule has 0 aliphatic carbocycles. The van der Waals surface area contributed by atoms with Crippen molar-refractivity contribution in [3.63, 3.8) is 0 Å². The van der Waals surface area contributed by atoms with Crippen LogP contribution in [0.5, 0.6) is 5.75 Å². The Morgan fingerprint density at radius 3 is 2.32 bits per heavy atom. The smallest absolute Gasteiger partial charge is 0.240 e. The third kappa shape index (κ3) is 7.16. The number of carbonyl (C=O) groups excluding carboxylic acids is 1. The molecule has 0 bridgehead atoms. The summed E-state index contributed by atoms with van der Waals surface area (Å²) in [4.78, 5) is 12.2. The maximum Gasteiger partial charge on any atom is 0.240 e. The van der Waals surface area contributed by atoms with Gasteiger partial charge in [0, 0.05) is 11.0 Å². The van der Waals surface area contributed by atoms with E-state index in [9.17, 15) is 13.2 Å². The Labute approximate surface area is 175 Å². The van der Waals surface area contributed by atoms with Gasteiger partial charge in [0.1, 0.15) is 12.3 Å². The molecule has 0 aliphatic rings. The van der Waals surface area contributed by atoms with E-state index in [4.69, 9.17) is 4.74 Å². The van der Waals surface area contributed by atoms with Crippen LogP contribution in [0.4, 0.5) is 5.69 Å². The molecule has 2 aromatic rings. The van der Waals surface area contributed by atoms with Gasteiger partial charge in [-0.25, -0.2) is 8.42 Å². The fraction of sp³-hybridized carbons (Fsp3) is 0.350. The van der Waals surface area contributed by atoms with Crippen molar-refractivity contribution in [3.05, 3.63) is 58.6 Å². The fourth-order valence-corrected chi connectivity index (χ4v) is 3.75. The Morgan fingerprint density at radius 1 is 1.11 bits per heavy atom. The first-order valence-corrected chi connectivity index (χ1v) is 11.7. The predicted octanol–water partition coefficient (Wildman–Crippen LogP) is 3.36. The zero-order valence-electron chi connectivity index (χ0n) is 16.0. The molecule has 0 fully saturated rings.